The molecule has 0 saturated heterocycles. The third-order valence-corrected chi connectivity index (χ3v) is 4.29. The van der Waals surface area contributed by atoms with Gasteiger partial charge >= 0.3 is 0 Å². The number of hydrogen-bond acceptors (Lipinski definition) is 4. The summed E-state index contributed by atoms with van der Waals surface area (Å²) in [6.45, 7) is 0.642. The van der Waals surface area contributed by atoms with Gasteiger partial charge in [-0.3, -0.25) is 4.79 Å². The summed E-state index contributed by atoms with van der Waals surface area (Å²) in [6, 6.07) is 15.1. The molecule has 0 unspecified atom stereocenters. The first kappa shape index (κ1) is 17.0. The predicted octanol–water partition coefficient (Wildman–Crippen LogP) is 3.99. The van der Waals surface area contributed by atoms with Crippen molar-refractivity contribution in [3.05, 3.63) is 83.3 Å². The normalized spacial score (nSPS) is 12.2. The highest BCUT2D eigenvalue weighted by Gasteiger charge is 2.17. The standard InChI is InChI=1S/C21H17FN2O3/c22-18-6-2-1-4-15(18)13-27-21-17(5-3-10-23-21)20(25)24-16-7-8-19-14(12-16)9-11-26-19/h1-8,10,12H,9,11,13H2,(H,24,25). The van der Waals surface area contributed by atoms with E-state index < -0.39 is 0 Å². The second-order valence-corrected chi connectivity index (χ2v) is 6.11. The largest absolute Gasteiger partial charge is 0.493 e. The Morgan fingerprint density at radius 2 is 2.07 bits per heavy atom. The maximum absolute atomic E-state index is 13.8. The lowest BCUT2D eigenvalue weighted by atomic mass is 10.1. The Morgan fingerprint density at radius 1 is 1.19 bits per heavy atom. The van der Waals surface area contributed by atoms with E-state index in [1.165, 1.54) is 12.3 Å². The van der Waals surface area contributed by atoms with Crippen LogP contribution in [0.1, 0.15) is 21.5 Å². The average Bonchev–Trinajstić information content (AvgIpc) is 3.15. The molecule has 0 radical (unpaired) electrons. The van der Waals surface area contributed by atoms with E-state index in [0.717, 1.165) is 17.7 Å². The van der Waals surface area contributed by atoms with Gasteiger partial charge in [0.15, 0.2) is 0 Å². The van der Waals surface area contributed by atoms with Crippen LogP contribution in [0.4, 0.5) is 10.1 Å². The van der Waals surface area contributed by atoms with Crippen LogP contribution in [-0.2, 0) is 13.0 Å². The van der Waals surface area contributed by atoms with Crippen LogP contribution in [0.3, 0.4) is 0 Å². The van der Waals surface area contributed by atoms with E-state index >= 15 is 0 Å². The zero-order chi connectivity index (χ0) is 18.6. The molecule has 0 spiro atoms. The molecular weight excluding hydrogens is 347 g/mol. The first-order chi connectivity index (χ1) is 13.2. The third-order valence-electron chi connectivity index (χ3n) is 4.29. The third kappa shape index (κ3) is 3.74. The predicted molar refractivity (Wildman–Crippen MR) is 98.6 cm³/mol. The molecule has 1 aromatic heterocycles. The van der Waals surface area contributed by atoms with Gasteiger partial charge in [-0.25, -0.2) is 9.37 Å². The summed E-state index contributed by atoms with van der Waals surface area (Å²) in [4.78, 5) is 16.8. The second-order valence-electron chi connectivity index (χ2n) is 6.11. The zero-order valence-corrected chi connectivity index (χ0v) is 14.4. The molecule has 0 atom stereocenters. The number of ether oxygens (including phenoxy) is 2. The molecule has 1 aliphatic rings. The summed E-state index contributed by atoms with van der Waals surface area (Å²) in [5, 5.41) is 2.85. The van der Waals surface area contributed by atoms with E-state index in [1.54, 1.807) is 36.4 Å². The molecule has 6 heteroatoms. The Labute approximate surface area is 155 Å². The quantitative estimate of drug-likeness (QED) is 0.744. The van der Waals surface area contributed by atoms with Crippen molar-refractivity contribution < 1.29 is 18.7 Å². The fourth-order valence-electron chi connectivity index (χ4n) is 2.90. The van der Waals surface area contributed by atoms with E-state index in [9.17, 15) is 9.18 Å². The number of hydrogen-bond donors (Lipinski definition) is 1. The molecule has 1 aliphatic heterocycles. The molecule has 3 aromatic rings. The minimum absolute atomic E-state index is 0.0137. The lowest BCUT2D eigenvalue weighted by Crippen LogP contribution is -2.14. The number of benzene rings is 2. The Hall–Kier alpha value is -3.41. The van der Waals surface area contributed by atoms with E-state index in [1.807, 2.05) is 12.1 Å². The fourth-order valence-corrected chi connectivity index (χ4v) is 2.90. The Bertz CT molecular complexity index is 991. The van der Waals surface area contributed by atoms with Gasteiger partial charge in [-0.05, 0) is 42.0 Å². The molecule has 4 rings (SSSR count). The molecule has 1 amide bonds. The molecule has 0 bridgehead atoms. The number of rotatable bonds is 5. The lowest BCUT2D eigenvalue weighted by molar-refractivity contribution is 0.102. The van der Waals surface area contributed by atoms with Gasteiger partial charge in [0.05, 0.1) is 6.61 Å². The van der Waals surface area contributed by atoms with Crippen LogP contribution >= 0.6 is 0 Å². The highest BCUT2D eigenvalue weighted by atomic mass is 19.1. The number of carbonyl (C=O) groups excluding carboxylic acids is 1. The summed E-state index contributed by atoms with van der Waals surface area (Å²) in [5.74, 6) is 0.302. The number of pyridine rings is 1. The second kappa shape index (κ2) is 7.45. The number of aromatic nitrogens is 1. The van der Waals surface area contributed by atoms with Gasteiger partial charge in [-0.15, -0.1) is 0 Å². The van der Waals surface area contributed by atoms with Crippen molar-refractivity contribution in [3.8, 4) is 11.6 Å². The van der Waals surface area contributed by atoms with E-state index in [2.05, 4.69) is 10.3 Å². The summed E-state index contributed by atoms with van der Waals surface area (Å²) in [5.41, 5.74) is 2.42. The van der Waals surface area contributed by atoms with Gasteiger partial charge in [0.2, 0.25) is 5.88 Å². The van der Waals surface area contributed by atoms with Crippen molar-refractivity contribution >= 4 is 11.6 Å². The van der Waals surface area contributed by atoms with Gasteiger partial charge in [0.1, 0.15) is 23.7 Å². The molecular formula is C21H17FN2O3. The molecule has 136 valence electrons. The van der Waals surface area contributed by atoms with Crippen molar-refractivity contribution in [1.82, 2.24) is 4.98 Å². The van der Waals surface area contributed by atoms with E-state index in [0.29, 0.717) is 17.9 Å². The number of halogens is 1. The summed E-state index contributed by atoms with van der Waals surface area (Å²) in [6.07, 6.45) is 2.35. The van der Waals surface area contributed by atoms with E-state index in [-0.39, 0.29) is 29.8 Å². The van der Waals surface area contributed by atoms with Gasteiger partial charge in [0, 0.05) is 23.9 Å². The molecule has 1 N–H and O–H groups in total. The Kier molecular flexibility index (Phi) is 4.70. The van der Waals surface area contributed by atoms with Gasteiger partial charge < -0.3 is 14.8 Å². The minimum atomic E-state index is -0.361. The highest BCUT2D eigenvalue weighted by Crippen LogP contribution is 2.28. The first-order valence-electron chi connectivity index (χ1n) is 8.59. The Morgan fingerprint density at radius 3 is 2.96 bits per heavy atom. The topological polar surface area (TPSA) is 60.5 Å². The number of nitrogens with one attached hydrogen (secondary N) is 1. The summed E-state index contributed by atoms with van der Waals surface area (Å²) in [7, 11) is 0. The fraction of sp³-hybridized carbons (Fsp3) is 0.143. The Balaban J connectivity index is 1.50. The number of carbonyl (C=O) groups is 1. The van der Waals surface area contributed by atoms with Gasteiger partial charge in [-0.1, -0.05) is 18.2 Å². The van der Waals surface area contributed by atoms with Crippen LogP contribution in [0.15, 0.2) is 60.8 Å². The lowest BCUT2D eigenvalue weighted by Gasteiger charge is -2.11. The average molecular weight is 364 g/mol. The molecule has 0 fully saturated rings. The maximum Gasteiger partial charge on any atom is 0.261 e. The first-order valence-corrected chi connectivity index (χ1v) is 8.59. The van der Waals surface area contributed by atoms with Crippen molar-refractivity contribution in [1.29, 1.82) is 0 Å². The van der Waals surface area contributed by atoms with Gasteiger partial charge in [-0.2, -0.15) is 0 Å². The van der Waals surface area contributed by atoms with Crippen molar-refractivity contribution in [2.75, 3.05) is 11.9 Å². The zero-order valence-electron chi connectivity index (χ0n) is 14.4. The van der Waals surface area contributed by atoms with Crippen LogP contribution in [0, 0.1) is 5.82 Å². The molecule has 5 nitrogen and oxygen atoms in total. The molecule has 0 saturated carbocycles. The minimum Gasteiger partial charge on any atom is -0.493 e. The van der Waals surface area contributed by atoms with Crippen LogP contribution in [0.5, 0.6) is 11.6 Å². The number of nitrogens with zero attached hydrogens (tertiary/aromatic N) is 1. The molecule has 2 heterocycles. The summed E-state index contributed by atoms with van der Waals surface area (Å²) >= 11 is 0. The molecule has 0 aliphatic carbocycles. The smallest absolute Gasteiger partial charge is 0.261 e. The van der Waals surface area contributed by atoms with Crippen molar-refractivity contribution in [2.24, 2.45) is 0 Å². The van der Waals surface area contributed by atoms with Crippen LogP contribution < -0.4 is 14.8 Å². The van der Waals surface area contributed by atoms with Crippen LogP contribution in [-0.4, -0.2) is 17.5 Å². The maximum atomic E-state index is 13.8. The number of anilines is 1. The van der Waals surface area contributed by atoms with Crippen LogP contribution in [0.25, 0.3) is 0 Å². The monoisotopic (exact) mass is 364 g/mol. The number of fused-ring (bicyclic) bond motifs is 1. The van der Waals surface area contributed by atoms with Gasteiger partial charge in [0.25, 0.3) is 5.91 Å². The molecule has 27 heavy (non-hydrogen) atoms. The van der Waals surface area contributed by atoms with Crippen LogP contribution in [0.2, 0.25) is 0 Å². The van der Waals surface area contributed by atoms with Crippen molar-refractivity contribution in [3.63, 3.8) is 0 Å². The summed E-state index contributed by atoms with van der Waals surface area (Å²) < 4.78 is 24.8. The SMILES string of the molecule is O=C(Nc1ccc2c(c1)CCO2)c1cccnc1OCc1ccccc1F. The number of amides is 1. The molecule has 2 aromatic carbocycles. The van der Waals surface area contributed by atoms with E-state index in [4.69, 9.17) is 9.47 Å². The highest BCUT2D eigenvalue weighted by molar-refractivity contribution is 6.05. The van der Waals surface area contributed by atoms with Crippen molar-refractivity contribution in [2.45, 2.75) is 13.0 Å².